The van der Waals surface area contributed by atoms with Gasteiger partial charge in [0.25, 0.3) is 0 Å². The summed E-state index contributed by atoms with van der Waals surface area (Å²) in [5.41, 5.74) is 1.04. The average Bonchev–Trinajstić information content (AvgIpc) is 3.07. The van der Waals surface area contributed by atoms with Crippen molar-refractivity contribution in [3.05, 3.63) is 29.8 Å². The van der Waals surface area contributed by atoms with E-state index >= 15 is 0 Å². The number of aliphatic hydroxyl groups excluding tert-OH is 1. The summed E-state index contributed by atoms with van der Waals surface area (Å²) in [6.45, 7) is 2.85. The molecule has 0 spiro atoms. The van der Waals surface area contributed by atoms with Crippen LogP contribution in [-0.4, -0.2) is 61.5 Å². The van der Waals surface area contributed by atoms with Gasteiger partial charge in [0.05, 0.1) is 33.0 Å². The minimum absolute atomic E-state index is 0.00945. The first kappa shape index (κ1) is 18.2. The number of methoxy groups -OCH3 is 1. The lowest BCUT2D eigenvalue weighted by atomic mass is 9.94. The molecule has 1 aliphatic heterocycles. The SMILES string of the molecule is COc1ccc(CNC(=O)CN2CCOC[C@@H]2[C@@H]2CCC[C@H]2O)cc1. The van der Waals surface area contributed by atoms with Crippen LogP contribution in [0.4, 0.5) is 0 Å². The second-order valence-corrected chi connectivity index (χ2v) is 6.90. The van der Waals surface area contributed by atoms with Crippen LogP contribution in [0.2, 0.25) is 0 Å². The highest BCUT2D eigenvalue weighted by atomic mass is 16.5. The summed E-state index contributed by atoms with van der Waals surface area (Å²) in [6.07, 6.45) is 2.66. The zero-order valence-electron chi connectivity index (χ0n) is 14.8. The van der Waals surface area contributed by atoms with Gasteiger partial charge in [-0.2, -0.15) is 0 Å². The fourth-order valence-electron chi connectivity index (χ4n) is 3.85. The molecule has 1 amide bonds. The van der Waals surface area contributed by atoms with Gasteiger partial charge in [0.15, 0.2) is 0 Å². The molecule has 1 heterocycles. The molecule has 0 unspecified atom stereocenters. The molecule has 2 fully saturated rings. The number of aliphatic hydroxyl groups is 1. The Balaban J connectivity index is 1.51. The zero-order chi connectivity index (χ0) is 17.6. The van der Waals surface area contributed by atoms with Gasteiger partial charge in [-0.1, -0.05) is 18.6 Å². The number of amides is 1. The summed E-state index contributed by atoms with van der Waals surface area (Å²) in [5, 5.41) is 13.2. The minimum atomic E-state index is -0.267. The Hall–Kier alpha value is -1.63. The van der Waals surface area contributed by atoms with Crippen LogP contribution >= 0.6 is 0 Å². The van der Waals surface area contributed by atoms with Gasteiger partial charge in [0, 0.05) is 25.0 Å². The first-order valence-electron chi connectivity index (χ1n) is 9.07. The lowest BCUT2D eigenvalue weighted by molar-refractivity contribution is -0.126. The summed E-state index contributed by atoms with van der Waals surface area (Å²) in [6, 6.07) is 7.82. The molecule has 0 radical (unpaired) electrons. The van der Waals surface area contributed by atoms with E-state index < -0.39 is 0 Å². The highest BCUT2D eigenvalue weighted by Gasteiger charge is 2.38. The van der Waals surface area contributed by atoms with Crippen molar-refractivity contribution in [2.45, 2.75) is 38.0 Å². The number of benzene rings is 1. The standard InChI is InChI=1S/C19H28N2O4/c1-24-15-7-5-14(6-8-15)11-20-19(23)12-21-9-10-25-13-17(21)16-3-2-4-18(16)22/h5-8,16-18,22H,2-4,9-13H2,1H3,(H,20,23)/t16-,17+,18+/m0/s1. The first-order valence-corrected chi connectivity index (χ1v) is 9.07. The topological polar surface area (TPSA) is 71.0 Å². The molecule has 25 heavy (non-hydrogen) atoms. The second-order valence-electron chi connectivity index (χ2n) is 6.90. The number of carbonyl (C=O) groups excluding carboxylic acids is 1. The van der Waals surface area contributed by atoms with E-state index in [1.807, 2.05) is 24.3 Å². The predicted octanol–water partition coefficient (Wildman–Crippen LogP) is 1.17. The van der Waals surface area contributed by atoms with E-state index in [0.29, 0.717) is 26.3 Å². The average molecular weight is 348 g/mol. The summed E-state index contributed by atoms with van der Waals surface area (Å²) >= 11 is 0. The molecular formula is C19H28N2O4. The Bertz CT molecular complexity index is 563. The van der Waals surface area contributed by atoms with Crippen molar-refractivity contribution < 1.29 is 19.4 Å². The van der Waals surface area contributed by atoms with Crippen LogP contribution in [0.25, 0.3) is 0 Å². The van der Waals surface area contributed by atoms with Crippen molar-refractivity contribution in [2.75, 3.05) is 33.4 Å². The van der Waals surface area contributed by atoms with Crippen molar-refractivity contribution >= 4 is 5.91 Å². The smallest absolute Gasteiger partial charge is 0.234 e. The third-order valence-electron chi connectivity index (χ3n) is 5.30. The monoisotopic (exact) mass is 348 g/mol. The molecule has 3 atom stereocenters. The molecule has 138 valence electrons. The molecule has 3 rings (SSSR count). The van der Waals surface area contributed by atoms with Gasteiger partial charge in [-0.25, -0.2) is 0 Å². The molecule has 1 aliphatic carbocycles. The van der Waals surface area contributed by atoms with Crippen LogP contribution in [0.5, 0.6) is 5.75 Å². The number of nitrogens with one attached hydrogen (secondary N) is 1. The van der Waals surface area contributed by atoms with Gasteiger partial charge in [-0.05, 0) is 30.5 Å². The molecule has 2 aliphatic rings. The Labute approximate surface area is 149 Å². The second kappa shape index (κ2) is 8.65. The van der Waals surface area contributed by atoms with Crippen molar-refractivity contribution in [3.63, 3.8) is 0 Å². The third kappa shape index (κ3) is 4.71. The van der Waals surface area contributed by atoms with E-state index in [9.17, 15) is 9.90 Å². The summed E-state index contributed by atoms with van der Waals surface area (Å²) in [7, 11) is 1.64. The van der Waals surface area contributed by atoms with E-state index in [-0.39, 0.29) is 24.0 Å². The van der Waals surface area contributed by atoms with Crippen molar-refractivity contribution in [2.24, 2.45) is 5.92 Å². The lowest BCUT2D eigenvalue weighted by Crippen LogP contribution is -2.53. The first-order chi connectivity index (χ1) is 12.2. The number of hydrogen-bond acceptors (Lipinski definition) is 5. The van der Waals surface area contributed by atoms with Crippen molar-refractivity contribution in [3.8, 4) is 5.75 Å². The van der Waals surface area contributed by atoms with E-state index in [2.05, 4.69) is 10.2 Å². The number of nitrogens with zero attached hydrogens (tertiary/aromatic N) is 1. The number of ether oxygens (including phenoxy) is 2. The predicted molar refractivity (Wildman–Crippen MR) is 94.4 cm³/mol. The largest absolute Gasteiger partial charge is 0.497 e. The number of carbonyl (C=O) groups is 1. The summed E-state index contributed by atoms with van der Waals surface area (Å²) < 4.78 is 10.7. The quantitative estimate of drug-likeness (QED) is 0.808. The minimum Gasteiger partial charge on any atom is -0.497 e. The van der Waals surface area contributed by atoms with Crippen LogP contribution in [0.3, 0.4) is 0 Å². The molecule has 1 aromatic carbocycles. The van der Waals surface area contributed by atoms with Gasteiger partial charge in [-0.15, -0.1) is 0 Å². The maximum Gasteiger partial charge on any atom is 0.234 e. The molecular weight excluding hydrogens is 320 g/mol. The van der Waals surface area contributed by atoms with Gasteiger partial charge in [0.2, 0.25) is 5.91 Å². The highest BCUT2D eigenvalue weighted by molar-refractivity contribution is 5.78. The lowest BCUT2D eigenvalue weighted by Gasteiger charge is -2.39. The van der Waals surface area contributed by atoms with Gasteiger partial charge in [-0.3, -0.25) is 9.69 Å². The zero-order valence-corrected chi connectivity index (χ0v) is 14.8. The van der Waals surface area contributed by atoms with Gasteiger partial charge >= 0.3 is 0 Å². The Kier molecular flexibility index (Phi) is 6.29. The van der Waals surface area contributed by atoms with Gasteiger partial charge < -0.3 is 19.9 Å². The Morgan fingerprint density at radius 2 is 2.16 bits per heavy atom. The van der Waals surface area contributed by atoms with Gasteiger partial charge in [0.1, 0.15) is 5.75 Å². The van der Waals surface area contributed by atoms with Crippen LogP contribution < -0.4 is 10.1 Å². The highest BCUT2D eigenvalue weighted by Crippen LogP contribution is 2.32. The normalized spacial score (nSPS) is 27.2. The molecule has 1 aromatic rings. The third-order valence-corrected chi connectivity index (χ3v) is 5.30. The fourth-order valence-corrected chi connectivity index (χ4v) is 3.85. The fraction of sp³-hybridized carbons (Fsp3) is 0.632. The van der Waals surface area contributed by atoms with E-state index in [1.165, 1.54) is 0 Å². The Morgan fingerprint density at radius 3 is 2.84 bits per heavy atom. The van der Waals surface area contributed by atoms with E-state index in [0.717, 1.165) is 37.1 Å². The molecule has 1 saturated carbocycles. The molecule has 2 N–H and O–H groups in total. The molecule has 0 aromatic heterocycles. The molecule has 1 saturated heterocycles. The van der Waals surface area contributed by atoms with Crippen LogP contribution in [0.1, 0.15) is 24.8 Å². The summed E-state index contributed by atoms with van der Waals surface area (Å²) in [4.78, 5) is 14.5. The molecule has 0 bridgehead atoms. The van der Waals surface area contributed by atoms with Crippen LogP contribution in [-0.2, 0) is 16.1 Å². The van der Waals surface area contributed by atoms with E-state index in [1.54, 1.807) is 7.11 Å². The van der Waals surface area contributed by atoms with E-state index in [4.69, 9.17) is 9.47 Å². The molecule has 6 nitrogen and oxygen atoms in total. The van der Waals surface area contributed by atoms with Crippen molar-refractivity contribution in [1.82, 2.24) is 10.2 Å². The number of morpholine rings is 1. The van der Waals surface area contributed by atoms with Crippen molar-refractivity contribution in [1.29, 1.82) is 0 Å². The van der Waals surface area contributed by atoms with Crippen LogP contribution in [0.15, 0.2) is 24.3 Å². The number of hydrogen-bond donors (Lipinski definition) is 2. The summed E-state index contributed by atoms with van der Waals surface area (Å²) in [5.74, 6) is 1.03. The van der Waals surface area contributed by atoms with Crippen LogP contribution in [0, 0.1) is 5.92 Å². The molecule has 6 heteroatoms. The maximum absolute atomic E-state index is 12.4. The Morgan fingerprint density at radius 1 is 1.36 bits per heavy atom. The number of rotatable bonds is 6. The maximum atomic E-state index is 12.4.